The maximum Gasteiger partial charge on any atom is 0.348 e. The summed E-state index contributed by atoms with van der Waals surface area (Å²) in [4.78, 5) is 34.8. The molecule has 114 valence electrons. The zero-order valence-electron chi connectivity index (χ0n) is 11.6. The number of amides is 1. The van der Waals surface area contributed by atoms with Crippen LogP contribution in [0.4, 0.5) is 5.69 Å². The molecule has 2 aromatic rings. The molecule has 0 bridgehead atoms. The molecule has 0 saturated heterocycles. The minimum Gasteiger partial charge on any atom is -0.451 e. The topological polar surface area (TPSA) is 72.5 Å². The fourth-order valence-corrected chi connectivity index (χ4v) is 2.55. The molecule has 1 N–H and O–H groups in total. The van der Waals surface area contributed by atoms with Crippen LogP contribution in [0.3, 0.4) is 0 Å². The van der Waals surface area contributed by atoms with Gasteiger partial charge in [-0.2, -0.15) is 0 Å². The van der Waals surface area contributed by atoms with Gasteiger partial charge in [-0.3, -0.25) is 9.59 Å². The number of Topliss-reactive ketones (excluding diaryl/α,β-unsaturated/α-hetero) is 1. The molecule has 0 spiro atoms. The molecule has 7 heteroatoms. The Morgan fingerprint density at radius 3 is 2.36 bits per heavy atom. The first-order chi connectivity index (χ1) is 10.5. The summed E-state index contributed by atoms with van der Waals surface area (Å²) in [6.07, 6.45) is 0. The van der Waals surface area contributed by atoms with Crippen molar-refractivity contribution in [3.63, 3.8) is 0 Å². The van der Waals surface area contributed by atoms with Gasteiger partial charge in [-0.15, -0.1) is 11.3 Å². The molecule has 1 amide bonds. The van der Waals surface area contributed by atoms with Crippen LogP contribution in [0.1, 0.15) is 27.0 Å². The third-order valence-electron chi connectivity index (χ3n) is 2.68. The Balaban J connectivity index is 1.85. The first-order valence-corrected chi connectivity index (χ1v) is 7.48. The first kappa shape index (κ1) is 16.2. The summed E-state index contributed by atoms with van der Waals surface area (Å²) in [7, 11) is 0. The minimum absolute atomic E-state index is 0.0542. The highest BCUT2D eigenvalue weighted by Gasteiger charge is 2.12. The molecule has 0 fully saturated rings. The fourth-order valence-electron chi connectivity index (χ4n) is 1.61. The molecule has 1 heterocycles. The van der Waals surface area contributed by atoms with E-state index in [9.17, 15) is 14.4 Å². The van der Waals surface area contributed by atoms with Gasteiger partial charge < -0.3 is 10.1 Å². The third-order valence-corrected chi connectivity index (χ3v) is 3.90. The lowest BCUT2D eigenvalue weighted by atomic mass is 10.1. The van der Waals surface area contributed by atoms with Gasteiger partial charge in [0.25, 0.3) is 5.91 Å². The summed E-state index contributed by atoms with van der Waals surface area (Å²) in [5, 5.41) is 2.57. The van der Waals surface area contributed by atoms with Gasteiger partial charge in [-0.25, -0.2) is 4.79 Å². The molecule has 0 aliphatic heterocycles. The highest BCUT2D eigenvalue weighted by atomic mass is 35.5. The molecule has 0 saturated carbocycles. The van der Waals surface area contributed by atoms with Gasteiger partial charge in [0, 0.05) is 11.3 Å². The highest BCUT2D eigenvalue weighted by molar-refractivity contribution is 7.17. The second-order valence-electron chi connectivity index (χ2n) is 4.36. The van der Waals surface area contributed by atoms with Crippen LogP contribution in [0.2, 0.25) is 4.34 Å². The summed E-state index contributed by atoms with van der Waals surface area (Å²) in [5.74, 6) is -1.12. The number of rotatable bonds is 5. The number of hydrogen-bond donors (Lipinski definition) is 1. The molecule has 0 aliphatic rings. The summed E-state index contributed by atoms with van der Waals surface area (Å²) in [6, 6.07) is 9.55. The van der Waals surface area contributed by atoms with E-state index >= 15 is 0 Å². The summed E-state index contributed by atoms with van der Waals surface area (Å²) in [6.45, 7) is 1.06. The second kappa shape index (κ2) is 7.20. The Kier molecular flexibility index (Phi) is 5.30. The van der Waals surface area contributed by atoms with Gasteiger partial charge >= 0.3 is 5.97 Å². The molecule has 0 radical (unpaired) electrons. The van der Waals surface area contributed by atoms with Crippen LogP contribution in [-0.4, -0.2) is 24.3 Å². The Labute approximate surface area is 135 Å². The van der Waals surface area contributed by atoms with Crippen molar-refractivity contribution in [3.8, 4) is 0 Å². The number of halogens is 1. The predicted molar refractivity (Wildman–Crippen MR) is 84.7 cm³/mol. The molecule has 2 rings (SSSR count). The highest BCUT2D eigenvalue weighted by Crippen LogP contribution is 2.21. The molecule has 1 aromatic heterocycles. The number of carbonyl (C=O) groups excluding carboxylic acids is 3. The zero-order valence-corrected chi connectivity index (χ0v) is 13.2. The van der Waals surface area contributed by atoms with Gasteiger partial charge in [0.15, 0.2) is 12.4 Å². The summed E-state index contributed by atoms with van der Waals surface area (Å²) < 4.78 is 5.36. The maximum atomic E-state index is 11.7. The van der Waals surface area contributed by atoms with Crippen LogP contribution in [-0.2, 0) is 9.53 Å². The molecule has 22 heavy (non-hydrogen) atoms. The van der Waals surface area contributed by atoms with Crippen molar-refractivity contribution < 1.29 is 19.1 Å². The number of ketones is 1. The van der Waals surface area contributed by atoms with Crippen LogP contribution in [0.25, 0.3) is 0 Å². The van der Waals surface area contributed by atoms with Crippen molar-refractivity contribution in [1.82, 2.24) is 0 Å². The van der Waals surface area contributed by atoms with E-state index in [1.807, 2.05) is 0 Å². The molecule has 0 aliphatic carbocycles. The SMILES string of the molecule is CC(=O)c1ccc(NC(=O)COC(=O)c2ccc(Cl)s2)cc1. The molecule has 0 unspecified atom stereocenters. The number of ether oxygens (including phenoxy) is 1. The maximum absolute atomic E-state index is 11.7. The van der Waals surface area contributed by atoms with E-state index in [-0.39, 0.29) is 5.78 Å². The molecular weight excluding hydrogens is 326 g/mol. The monoisotopic (exact) mass is 337 g/mol. The number of anilines is 1. The molecular formula is C15H12ClNO4S. The van der Waals surface area contributed by atoms with Crippen LogP contribution in [0.5, 0.6) is 0 Å². The van der Waals surface area contributed by atoms with Crippen LogP contribution in [0, 0.1) is 0 Å². The van der Waals surface area contributed by atoms with Crippen molar-refractivity contribution in [3.05, 3.63) is 51.2 Å². The summed E-state index contributed by atoms with van der Waals surface area (Å²) in [5.41, 5.74) is 1.07. The van der Waals surface area contributed by atoms with Gasteiger partial charge in [-0.05, 0) is 43.3 Å². The fraction of sp³-hybridized carbons (Fsp3) is 0.133. The van der Waals surface area contributed by atoms with Gasteiger partial charge in [0.2, 0.25) is 0 Å². The zero-order chi connectivity index (χ0) is 16.1. The number of benzene rings is 1. The lowest BCUT2D eigenvalue weighted by molar-refractivity contribution is -0.119. The van der Waals surface area contributed by atoms with Gasteiger partial charge in [0.05, 0.1) is 4.34 Å². The van der Waals surface area contributed by atoms with Gasteiger partial charge in [0.1, 0.15) is 4.88 Å². The Hall–Kier alpha value is -2.18. The minimum atomic E-state index is -0.598. The van der Waals surface area contributed by atoms with E-state index in [0.717, 1.165) is 11.3 Å². The standard InChI is InChI=1S/C15H12ClNO4S/c1-9(18)10-2-4-11(5-3-10)17-14(19)8-21-15(20)12-6-7-13(16)22-12/h2-7H,8H2,1H3,(H,17,19). The average Bonchev–Trinajstić information content (AvgIpc) is 2.92. The smallest absolute Gasteiger partial charge is 0.348 e. The number of carbonyl (C=O) groups is 3. The van der Waals surface area contributed by atoms with Gasteiger partial charge in [-0.1, -0.05) is 11.6 Å². The van der Waals surface area contributed by atoms with Crippen molar-refractivity contribution in [2.75, 3.05) is 11.9 Å². The number of thiophene rings is 1. The lowest BCUT2D eigenvalue weighted by Crippen LogP contribution is -2.20. The van der Waals surface area contributed by atoms with Crippen molar-refractivity contribution in [2.24, 2.45) is 0 Å². The number of hydrogen-bond acceptors (Lipinski definition) is 5. The molecule has 1 aromatic carbocycles. The van der Waals surface area contributed by atoms with Crippen LogP contribution in [0.15, 0.2) is 36.4 Å². The van der Waals surface area contributed by atoms with E-state index in [1.165, 1.54) is 13.0 Å². The van der Waals surface area contributed by atoms with E-state index in [2.05, 4.69) is 5.32 Å². The predicted octanol–water partition coefficient (Wildman–Crippen LogP) is 3.40. The molecule has 0 atom stereocenters. The Bertz CT molecular complexity index is 709. The largest absolute Gasteiger partial charge is 0.451 e. The van der Waals surface area contributed by atoms with Crippen molar-refractivity contribution >= 4 is 46.3 Å². The quantitative estimate of drug-likeness (QED) is 0.670. The lowest BCUT2D eigenvalue weighted by Gasteiger charge is -2.06. The third kappa shape index (κ3) is 4.41. The number of nitrogens with one attached hydrogen (secondary N) is 1. The van der Waals surface area contributed by atoms with Crippen molar-refractivity contribution in [1.29, 1.82) is 0 Å². The average molecular weight is 338 g/mol. The van der Waals surface area contributed by atoms with E-state index in [4.69, 9.17) is 16.3 Å². The Morgan fingerprint density at radius 2 is 1.82 bits per heavy atom. The molecule has 5 nitrogen and oxygen atoms in total. The second-order valence-corrected chi connectivity index (χ2v) is 6.08. The first-order valence-electron chi connectivity index (χ1n) is 6.29. The van der Waals surface area contributed by atoms with Crippen LogP contribution >= 0.6 is 22.9 Å². The van der Waals surface area contributed by atoms with Crippen LogP contribution < -0.4 is 5.32 Å². The van der Waals surface area contributed by atoms with E-state index < -0.39 is 18.5 Å². The van der Waals surface area contributed by atoms with Crippen molar-refractivity contribution in [2.45, 2.75) is 6.92 Å². The number of esters is 1. The summed E-state index contributed by atoms with van der Waals surface area (Å²) >= 11 is 6.80. The Morgan fingerprint density at radius 1 is 1.14 bits per heavy atom. The normalized spacial score (nSPS) is 10.1. The van der Waals surface area contributed by atoms with E-state index in [0.29, 0.717) is 20.5 Å². The van der Waals surface area contributed by atoms with E-state index in [1.54, 1.807) is 30.3 Å².